The fourth-order valence-corrected chi connectivity index (χ4v) is 1.96. The molecule has 2 amide bonds. The Morgan fingerprint density at radius 2 is 2.05 bits per heavy atom. The molecule has 0 fully saturated rings. The van der Waals surface area contributed by atoms with Gasteiger partial charge in [0.15, 0.2) is 0 Å². The van der Waals surface area contributed by atoms with Crippen LogP contribution in [0, 0.1) is 0 Å². The maximum atomic E-state index is 11.6. The molecule has 0 saturated heterocycles. The van der Waals surface area contributed by atoms with E-state index in [1.807, 2.05) is 6.92 Å². The fourth-order valence-electron chi connectivity index (χ4n) is 1.48. The van der Waals surface area contributed by atoms with Crippen LogP contribution in [0.2, 0.25) is 0 Å². The van der Waals surface area contributed by atoms with Crippen LogP contribution >= 0.6 is 0 Å². The second kappa shape index (κ2) is 9.77. The van der Waals surface area contributed by atoms with Gasteiger partial charge in [0.05, 0.1) is 17.7 Å². The third-order valence-electron chi connectivity index (χ3n) is 2.53. The predicted octanol–water partition coefficient (Wildman–Crippen LogP) is -1.48. The number of amides is 2. The predicted molar refractivity (Wildman–Crippen MR) is 72.9 cm³/mol. The van der Waals surface area contributed by atoms with E-state index in [9.17, 15) is 17.8 Å². The molecular weight excluding hydrogens is 323 g/mol. The maximum absolute atomic E-state index is 11.6. The van der Waals surface area contributed by atoms with Crippen LogP contribution in [0.5, 0.6) is 5.75 Å². The van der Waals surface area contributed by atoms with Gasteiger partial charge >= 0.3 is 57.4 Å². The number of methoxy groups -OCH3 is 1. The molecule has 1 aromatic rings. The van der Waals surface area contributed by atoms with E-state index in [-0.39, 0.29) is 62.8 Å². The van der Waals surface area contributed by atoms with Gasteiger partial charge in [0.2, 0.25) is 0 Å². The molecule has 0 bridgehead atoms. The van der Waals surface area contributed by atoms with Gasteiger partial charge in [-0.25, -0.2) is 13.2 Å². The van der Waals surface area contributed by atoms with Crippen molar-refractivity contribution in [2.45, 2.75) is 24.7 Å². The average molecular weight is 340 g/mol. The number of benzene rings is 1. The minimum atomic E-state index is -4.56. The smallest absolute Gasteiger partial charge is 0.744 e. The van der Waals surface area contributed by atoms with E-state index in [1.54, 1.807) is 0 Å². The van der Waals surface area contributed by atoms with E-state index in [4.69, 9.17) is 4.74 Å². The first-order valence-electron chi connectivity index (χ1n) is 6.07. The number of nitrogens with one attached hydrogen (secondary N) is 2. The summed E-state index contributed by atoms with van der Waals surface area (Å²) in [6, 6.07) is 3.08. The summed E-state index contributed by atoms with van der Waals surface area (Å²) in [6.07, 6.45) is 1.82. The number of hydrogen-bond acceptors (Lipinski definition) is 5. The van der Waals surface area contributed by atoms with Crippen molar-refractivity contribution in [3.05, 3.63) is 18.2 Å². The van der Waals surface area contributed by atoms with Crippen LogP contribution in [0.1, 0.15) is 19.8 Å². The van der Waals surface area contributed by atoms with Gasteiger partial charge in [-0.05, 0) is 24.6 Å². The summed E-state index contributed by atoms with van der Waals surface area (Å²) >= 11 is 0. The second-order valence-corrected chi connectivity index (χ2v) is 5.43. The minimum absolute atomic E-state index is 0. The SMILES string of the molecule is CCCCNC(=O)Nc1ccc(S(=O)(=O)[O-])cc1OC.[K+]. The number of rotatable bonds is 6. The normalized spacial score (nSPS) is 10.4. The van der Waals surface area contributed by atoms with Crippen molar-refractivity contribution >= 4 is 21.8 Å². The van der Waals surface area contributed by atoms with Crippen molar-refractivity contribution in [3.8, 4) is 5.75 Å². The van der Waals surface area contributed by atoms with Crippen LogP contribution in [-0.4, -0.2) is 32.7 Å². The molecule has 0 atom stereocenters. The first kappa shape index (κ1) is 20.8. The number of urea groups is 1. The van der Waals surface area contributed by atoms with Crippen LogP contribution in [0.3, 0.4) is 0 Å². The molecule has 0 heterocycles. The monoisotopic (exact) mass is 340 g/mol. The molecule has 0 spiro atoms. The van der Waals surface area contributed by atoms with Crippen molar-refractivity contribution in [2.24, 2.45) is 0 Å². The van der Waals surface area contributed by atoms with Crippen molar-refractivity contribution in [1.82, 2.24) is 5.32 Å². The van der Waals surface area contributed by atoms with Crippen molar-refractivity contribution in [1.29, 1.82) is 0 Å². The summed E-state index contributed by atoms with van der Waals surface area (Å²) in [5, 5.41) is 5.17. The van der Waals surface area contributed by atoms with E-state index < -0.39 is 21.0 Å². The Kier molecular flexibility index (Phi) is 9.70. The Balaban J connectivity index is 0.00000400. The van der Waals surface area contributed by atoms with E-state index >= 15 is 0 Å². The van der Waals surface area contributed by atoms with Crippen LogP contribution in [0.4, 0.5) is 10.5 Å². The molecule has 21 heavy (non-hydrogen) atoms. The van der Waals surface area contributed by atoms with Gasteiger partial charge in [-0.1, -0.05) is 13.3 Å². The average Bonchev–Trinajstić information content (AvgIpc) is 2.38. The van der Waals surface area contributed by atoms with Crippen LogP contribution in [-0.2, 0) is 10.1 Å². The summed E-state index contributed by atoms with van der Waals surface area (Å²) in [6.45, 7) is 2.54. The Hall–Kier alpha value is -0.164. The summed E-state index contributed by atoms with van der Waals surface area (Å²) in [7, 11) is -3.24. The third kappa shape index (κ3) is 7.09. The van der Waals surface area contributed by atoms with Gasteiger partial charge in [0, 0.05) is 6.54 Å². The van der Waals surface area contributed by atoms with Crippen LogP contribution in [0.25, 0.3) is 0 Å². The zero-order valence-electron chi connectivity index (χ0n) is 12.3. The third-order valence-corrected chi connectivity index (χ3v) is 3.36. The fraction of sp³-hybridized carbons (Fsp3) is 0.417. The molecule has 0 aliphatic rings. The quantitative estimate of drug-likeness (QED) is 0.373. The summed E-state index contributed by atoms with van der Waals surface area (Å²) < 4.78 is 37.7. The van der Waals surface area contributed by atoms with Gasteiger partial charge in [0.25, 0.3) is 0 Å². The molecule has 0 saturated carbocycles. The molecule has 9 heteroatoms. The number of hydrogen-bond donors (Lipinski definition) is 2. The van der Waals surface area contributed by atoms with Crippen LogP contribution < -0.4 is 66.8 Å². The van der Waals surface area contributed by atoms with E-state index in [2.05, 4.69) is 10.6 Å². The molecule has 0 unspecified atom stereocenters. The molecule has 0 aliphatic heterocycles. The molecule has 0 aromatic heterocycles. The number of carbonyl (C=O) groups is 1. The molecule has 2 N–H and O–H groups in total. The molecule has 7 nitrogen and oxygen atoms in total. The molecular formula is C12H17KN2O5S. The van der Waals surface area contributed by atoms with E-state index in [0.29, 0.717) is 6.54 Å². The van der Waals surface area contributed by atoms with E-state index in [0.717, 1.165) is 25.0 Å². The van der Waals surface area contributed by atoms with Crippen LogP contribution in [0.15, 0.2) is 23.1 Å². The summed E-state index contributed by atoms with van der Waals surface area (Å²) in [5.74, 6) is 0.104. The number of carbonyl (C=O) groups excluding carboxylic acids is 1. The molecule has 0 aliphatic carbocycles. The topological polar surface area (TPSA) is 108 Å². The second-order valence-electron chi connectivity index (χ2n) is 4.05. The van der Waals surface area contributed by atoms with Gasteiger partial charge in [-0.15, -0.1) is 0 Å². The Labute approximate surface area is 167 Å². The Morgan fingerprint density at radius 1 is 1.38 bits per heavy atom. The molecule has 1 aromatic carbocycles. The first-order chi connectivity index (χ1) is 9.38. The van der Waals surface area contributed by atoms with Gasteiger partial charge in [-0.3, -0.25) is 0 Å². The largest absolute Gasteiger partial charge is 1.00 e. The maximum Gasteiger partial charge on any atom is 1.00 e. The first-order valence-corrected chi connectivity index (χ1v) is 7.48. The molecule has 0 radical (unpaired) electrons. The summed E-state index contributed by atoms with van der Waals surface area (Å²) in [4.78, 5) is 11.2. The van der Waals surface area contributed by atoms with Crippen molar-refractivity contribution in [2.75, 3.05) is 19.0 Å². The van der Waals surface area contributed by atoms with Gasteiger partial charge in [-0.2, -0.15) is 0 Å². The van der Waals surface area contributed by atoms with Gasteiger partial charge in [0.1, 0.15) is 15.9 Å². The Morgan fingerprint density at radius 3 is 2.57 bits per heavy atom. The number of ether oxygens (including phenoxy) is 1. The summed E-state index contributed by atoms with van der Waals surface area (Å²) in [5.41, 5.74) is 0.286. The van der Waals surface area contributed by atoms with Crippen molar-refractivity contribution < 1.29 is 73.9 Å². The van der Waals surface area contributed by atoms with E-state index in [1.165, 1.54) is 13.2 Å². The Bertz CT molecular complexity index is 577. The zero-order chi connectivity index (χ0) is 15.2. The molecule has 112 valence electrons. The number of anilines is 1. The standard InChI is InChI=1S/C12H18N2O5S.K/c1-3-4-7-13-12(15)14-10-6-5-9(20(16,17)18)8-11(10)19-2;/h5-6,8H,3-4,7H2,1-2H3,(H2,13,14,15)(H,16,17,18);/q;+1/p-1. The minimum Gasteiger partial charge on any atom is -0.744 e. The van der Waals surface area contributed by atoms with Gasteiger partial charge < -0.3 is 19.9 Å². The zero-order valence-corrected chi connectivity index (χ0v) is 16.2. The number of unbranched alkanes of at least 4 members (excludes halogenated alkanes) is 1. The molecule has 1 rings (SSSR count). The van der Waals surface area contributed by atoms with Crippen molar-refractivity contribution in [3.63, 3.8) is 0 Å².